The molecule has 0 spiro atoms. The molecule has 0 radical (unpaired) electrons. The molecule has 1 N–H and O–H groups in total. The van der Waals surface area contributed by atoms with Crippen molar-refractivity contribution >= 4 is 6.09 Å². The Morgan fingerprint density at radius 2 is 1.93 bits per heavy atom. The van der Waals surface area contributed by atoms with E-state index in [-0.39, 0.29) is 24.3 Å². The summed E-state index contributed by atoms with van der Waals surface area (Å²) in [5.41, 5.74) is -0.325. The van der Waals surface area contributed by atoms with Gasteiger partial charge in [0.25, 0.3) is 0 Å². The van der Waals surface area contributed by atoms with Crippen LogP contribution < -0.4 is 0 Å². The summed E-state index contributed by atoms with van der Waals surface area (Å²) in [5.74, 6) is 0. The Morgan fingerprint density at radius 1 is 1.43 bits per heavy atom. The van der Waals surface area contributed by atoms with Crippen molar-refractivity contribution in [2.45, 2.75) is 46.3 Å². The van der Waals surface area contributed by atoms with Gasteiger partial charge in [-0.25, -0.2) is 4.79 Å². The summed E-state index contributed by atoms with van der Waals surface area (Å²) < 4.78 is 5.07. The maximum atomic E-state index is 11.6. The van der Waals surface area contributed by atoms with E-state index in [4.69, 9.17) is 9.84 Å². The average molecular weight is 203 g/mol. The number of aliphatic hydroxyl groups is 1. The molecule has 0 heterocycles. The third-order valence-corrected chi connectivity index (χ3v) is 1.69. The van der Waals surface area contributed by atoms with Crippen molar-refractivity contribution < 1.29 is 14.6 Å². The molecule has 1 amide bonds. The molecule has 0 aliphatic carbocycles. The zero-order valence-corrected chi connectivity index (χ0v) is 9.70. The number of carbonyl (C=O) groups is 1. The maximum Gasteiger partial charge on any atom is 0.410 e. The molecule has 0 atom stereocenters. The molecule has 0 aliphatic heterocycles. The minimum Gasteiger partial charge on any atom is -0.447 e. The van der Waals surface area contributed by atoms with Gasteiger partial charge < -0.3 is 14.7 Å². The highest BCUT2D eigenvalue weighted by molar-refractivity contribution is 5.68. The normalized spacial score (nSPS) is 11.6. The molecule has 0 aromatic carbocycles. The number of hydrogen-bond acceptors (Lipinski definition) is 3. The van der Waals surface area contributed by atoms with Crippen molar-refractivity contribution in [3.63, 3.8) is 0 Å². The number of rotatable bonds is 3. The molecule has 0 fully saturated rings. The number of amides is 1. The van der Waals surface area contributed by atoms with Gasteiger partial charge in [0.15, 0.2) is 0 Å². The second-order valence-corrected chi connectivity index (χ2v) is 4.48. The van der Waals surface area contributed by atoms with Crippen LogP contribution in [0.4, 0.5) is 4.79 Å². The zero-order valence-electron chi connectivity index (χ0n) is 9.70. The van der Waals surface area contributed by atoms with Gasteiger partial charge >= 0.3 is 6.09 Å². The highest BCUT2D eigenvalue weighted by Crippen LogP contribution is 2.14. The van der Waals surface area contributed by atoms with Gasteiger partial charge in [0.1, 0.15) is 0 Å². The molecule has 0 rings (SSSR count). The third-order valence-electron chi connectivity index (χ3n) is 1.69. The van der Waals surface area contributed by atoms with Crippen molar-refractivity contribution in [2.75, 3.05) is 13.2 Å². The summed E-state index contributed by atoms with van der Waals surface area (Å²) >= 11 is 0. The number of ether oxygens (including phenoxy) is 1. The molecule has 0 aromatic heterocycles. The summed E-state index contributed by atoms with van der Waals surface area (Å²) in [6.07, 6.45) is -0.507. The van der Waals surface area contributed by atoms with Gasteiger partial charge in [0.05, 0.1) is 12.7 Å². The van der Waals surface area contributed by atoms with Crippen LogP contribution in [-0.2, 0) is 4.74 Å². The smallest absolute Gasteiger partial charge is 0.410 e. The molecule has 84 valence electrons. The van der Waals surface area contributed by atoms with Crippen molar-refractivity contribution in [2.24, 2.45) is 0 Å². The van der Waals surface area contributed by atoms with Crippen LogP contribution in [0.1, 0.15) is 34.6 Å². The highest BCUT2D eigenvalue weighted by atomic mass is 16.6. The Kier molecular flexibility index (Phi) is 4.91. The lowest BCUT2D eigenvalue weighted by atomic mass is 10.1. The fourth-order valence-electron chi connectivity index (χ4n) is 1.07. The van der Waals surface area contributed by atoms with E-state index in [0.29, 0.717) is 6.54 Å². The molecule has 0 bridgehead atoms. The van der Waals surface area contributed by atoms with Crippen LogP contribution in [0, 0.1) is 0 Å². The van der Waals surface area contributed by atoms with Crippen LogP contribution >= 0.6 is 0 Å². The van der Waals surface area contributed by atoms with Crippen LogP contribution in [0.5, 0.6) is 0 Å². The largest absolute Gasteiger partial charge is 0.447 e. The van der Waals surface area contributed by atoms with E-state index in [2.05, 4.69) is 0 Å². The van der Waals surface area contributed by atoms with Gasteiger partial charge in [0, 0.05) is 12.1 Å². The lowest BCUT2D eigenvalue weighted by molar-refractivity contribution is 0.0405. The molecule has 14 heavy (non-hydrogen) atoms. The number of aliphatic hydroxyl groups excluding tert-OH is 1. The maximum absolute atomic E-state index is 11.6. The van der Waals surface area contributed by atoms with Crippen molar-refractivity contribution in [1.29, 1.82) is 0 Å². The Balaban J connectivity index is 4.42. The summed E-state index contributed by atoms with van der Waals surface area (Å²) in [7, 11) is 0. The molecule has 0 saturated carbocycles. The molecule has 0 unspecified atom stereocenters. The Labute approximate surface area is 85.9 Å². The molecule has 0 aromatic rings. The summed E-state index contributed by atoms with van der Waals surface area (Å²) in [6.45, 7) is 9.58. The summed E-state index contributed by atoms with van der Waals surface area (Å²) in [4.78, 5) is 13.1. The predicted octanol–water partition coefficient (Wildman–Crippen LogP) is 1.62. The lowest BCUT2D eigenvalue weighted by Gasteiger charge is -2.34. The van der Waals surface area contributed by atoms with E-state index in [0.717, 1.165) is 0 Å². The lowest BCUT2D eigenvalue weighted by Crippen LogP contribution is -2.47. The first kappa shape index (κ1) is 13.2. The number of nitrogens with zero attached hydrogens (tertiary/aromatic N) is 1. The number of carbonyl (C=O) groups excluding carboxylic acids is 1. The van der Waals surface area contributed by atoms with E-state index < -0.39 is 0 Å². The zero-order chi connectivity index (χ0) is 11.4. The third kappa shape index (κ3) is 4.46. The van der Waals surface area contributed by atoms with E-state index in [1.54, 1.807) is 13.8 Å². The SMILES string of the molecule is CC(C)OC(=O)N(CCO)C(C)(C)C. The van der Waals surface area contributed by atoms with E-state index in [1.807, 2.05) is 20.8 Å². The van der Waals surface area contributed by atoms with E-state index >= 15 is 0 Å². The predicted molar refractivity (Wildman–Crippen MR) is 55.2 cm³/mol. The Bertz CT molecular complexity index is 184. The van der Waals surface area contributed by atoms with Gasteiger partial charge in [-0.05, 0) is 34.6 Å². The Hall–Kier alpha value is -0.770. The van der Waals surface area contributed by atoms with Gasteiger partial charge in [-0.2, -0.15) is 0 Å². The highest BCUT2D eigenvalue weighted by Gasteiger charge is 2.27. The second-order valence-electron chi connectivity index (χ2n) is 4.48. The van der Waals surface area contributed by atoms with E-state index in [9.17, 15) is 4.79 Å². The fourth-order valence-corrected chi connectivity index (χ4v) is 1.07. The number of β-amino-alcohol motifs (C(OH)–C–C–N with tert-alkyl or cyclic N) is 1. The van der Waals surface area contributed by atoms with Crippen LogP contribution in [0.3, 0.4) is 0 Å². The molecular weight excluding hydrogens is 182 g/mol. The molecule has 4 nitrogen and oxygen atoms in total. The van der Waals surface area contributed by atoms with Gasteiger partial charge in [-0.1, -0.05) is 0 Å². The fraction of sp³-hybridized carbons (Fsp3) is 0.900. The van der Waals surface area contributed by atoms with E-state index in [1.165, 1.54) is 4.90 Å². The van der Waals surface area contributed by atoms with Crippen LogP contribution in [-0.4, -0.2) is 40.9 Å². The van der Waals surface area contributed by atoms with Gasteiger partial charge in [-0.3, -0.25) is 0 Å². The molecular formula is C10H21NO3. The quantitative estimate of drug-likeness (QED) is 0.758. The van der Waals surface area contributed by atoms with Gasteiger partial charge in [-0.15, -0.1) is 0 Å². The van der Waals surface area contributed by atoms with Crippen molar-refractivity contribution in [1.82, 2.24) is 4.90 Å². The second kappa shape index (κ2) is 5.20. The minimum absolute atomic E-state index is 0.0511. The topological polar surface area (TPSA) is 49.8 Å². The first-order valence-corrected chi connectivity index (χ1v) is 4.88. The first-order valence-electron chi connectivity index (χ1n) is 4.88. The summed E-state index contributed by atoms with van der Waals surface area (Å²) in [6, 6.07) is 0. The van der Waals surface area contributed by atoms with Crippen LogP contribution in [0.2, 0.25) is 0 Å². The molecule has 0 saturated heterocycles. The summed E-state index contributed by atoms with van der Waals surface area (Å²) in [5, 5.41) is 8.83. The standard InChI is InChI=1S/C10H21NO3/c1-8(2)14-9(13)11(6-7-12)10(3,4)5/h8,12H,6-7H2,1-5H3. The van der Waals surface area contributed by atoms with Crippen molar-refractivity contribution in [3.05, 3.63) is 0 Å². The monoisotopic (exact) mass is 203 g/mol. The minimum atomic E-state index is -0.374. The van der Waals surface area contributed by atoms with Gasteiger partial charge in [0.2, 0.25) is 0 Å². The van der Waals surface area contributed by atoms with Crippen molar-refractivity contribution in [3.8, 4) is 0 Å². The van der Waals surface area contributed by atoms with Crippen LogP contribution in [0.25, 0.3) is 0 Å². The number of hydrogen-bond donors (Lipinski definition) is 1. The molecule has 4 heteroatoms. The van der Waals surface area contributed by atoms with Crippen LogP contribution in [0.15, 0.2) is 0 Å². The average Bonchev–Trinajstić information content (AvgIpc) is 1.96. The molecule has 0 aliphatic rings. The Morgan fingerprint density at radius 3 is 2.21 bits per heavy atom. The first-order chi connectivity index (χ1) is 6.29.